The second kappa shape index (κ2) is 6.78. The predicted octanol–water partition coefficient (Wildman–Crippen LogP) is 0.0732. The molecule has 0 saturated heterocycles. The van der Waals surface area contributed by atoms with Gasteiger partial charge in [0.05, 0.1) is 14.2 Å². The van der Waals surface area contributed by atoms with Gasteiger partial charge in [-0.1, -0.05) is 0 Å². The first kappa shape index (κ1) is 12.4. The molecule has 1 rings (SSSR count). The molecule has 0 aromatic carbocycles. The number of aliphatic hydroxyl groups is 1. The van der Waals surface area contributed by atoms with Crippen LogP contribution in [0, 0.1) is 0 Å². The minimum atomic E-state index is 0.186. The van der Waals surface area contributed by atoms with E-state index in [4.69, 9.17) is 14.6 Å². The van der Waals surface area contributed by atoms with Crippen LogP contribution in [0.4, 0.5) is 5.95 Å². The van der Waals surface area contributed by atoms with E-state index in [-0.39, 0.29) is 18.6 Å². The number of aliphatic hydroxyl groups excluding tert-OH is 1. The molecule has 0 spiro atoms. The quantitative estimate of drug-likeness (QED) is 0.638. The second-order valence-corrected chi connectivity index (χ2v) is 2.99. The zero-order valence-corrected chi connectivity index (χ0v) is 9.43. The van der Waals surface area contributed by atoms with E-state index in [0.717, 1.165) is 12.8 Å². The normalized spacial score (nSPS) is 9.94. The number of nitrogens with zero attached hydrogens (tertiary/aromatic N) is 3. The predicted molar refractivity (Wildman–Crippen MR) is 57.7 cm³/mol. The number of hydrogen-bond donors (Lipinski definition) is 2. The van der Waals surface area contributed by atoms with Crippen molar-refractivity contribution in [2.45, 2.75) is 12.8 Å². The van der Waals surface area contributed by atoms with Gasteiger partial charge in [-0.05, 0) is 12.8 Å². The Balaban J connectivity index is 2.57. The number of aromatic nitrogens is 3. The van der Waals surface area contributed by atoms with Crippen molar-refractivity contribution in [1.29, 1.82) is 0 Å². The number of ether oxygens (including phenoxy) is 2. The lowest BCUT2D eigenvalue weighted by molar-refractivity contribution is 0.286. The van der Waals surface area contributed by atoms with Gasteiger partial charge in [0, 0.05) is 13.2 Å². The van der Waals surface area contributed by atoms with Crippen LogP contribution >= 0.6 is 0 Å². The van der Waals surface area contributed by atoms with Gasteiger partial charge in [-0.25, -0.2) is 0 Å². The standard InChI is InChI=1S/C9H16N4O3/c1-15-8-11-7(10-5-3-4-6-14)12-9(13-8)16-2/h14H,3-6H2,1-2H3,(H,10,11,12,13). The van der Waals surface area contributed by atoms with Gasteiger partial charge in [-0.2, -0.15) is 9.97 Å². The molecule has 0 aliphatic heterocycles. The highest BCUT2D eigenvalue weighted by Gasteiger charge is 2.05. The van der Waals surface area contributed by atoms with Gasteiger partial charge in [0.25, 0.3) is 0 Å². The topological polar surface area (TPSA) is 89.4 Å². The summed E-state index contributed by atoms with van der Waals surface area (Å²) in [6.45, 7) is 0.863. The van der Waals surface area contributed by atoms with E-state index in [9.17, 15) is 0 Å². The van der Waals surface area contributed by atoms with Crippen LogP contribution < -0.4 is 14.8 Å². The molecule has 0 amide bonds. The van der Waals surface area contributed by atoms with E-state index in [0.29, 0.717) is 12.5 Å². The molecule has 0 unspecified atom stereocenters. The van der Waals surface area contributed by atoms with Gasteiger partial charge in [0.15, 0.2) is 0 Å². The lowest BCUT2D eigenvalue weighted by atomic mass is 10.3. The second-order valence-electron chi connectivity index (χ2n) is 2.99. The largest absolute Gasteiger partial charge is 0.467 e. The molecule has 2 N–H and O–H groups in total. The lowest BCUT2D eigenvalue weighted by Gasteiger charge is -2.06. The fourth-order valence-corrected chi connectivity index (χ4v) is 1.04. The van der Waals surface area contributed by atoms with E-state index in [1.165, 1.54) is 14.2 Å². The van der Waals surface area contributed by atoms with Crippen LogP contribution in [0.2, 0.25) is 0 Å². The molecule has 1 aromatic heterocycles. The third-order valence-corrected chi connectivity index (χ3v) is 1.83. The maximum atomic E-state index is 8.62. The zero-order chi connectivity index (χ0) is 11.8. The SMILES string of the molecule is COc1nc(NCCCCO)nc(OC)n1. The highest BCUT2D eigenvalue weighted by Crippen LogP contribution is 2.11. The molecule has 0 bridgehead atoms. The average Bonchev–Trinajstić information content (AvgIpc) is 2.34. The molecule has 0 atom stereocenters. The lowest BCUT2D eigenvalue weighted by Crippen LogP contribution is -2.08. The van der Waals surface area contributed by atoms with E-state index >= 15 is 0 Å². The molecule has 0 aliphatic carbocycles. The molecule has 0 radical (unpaired) electrons. The van der Waals surface area contributed by atoms with E-state index in [1.54, 1.807) is 0 Å². The minimum absolute atomic E-state index is 0.186. The van der Waals surface area contributed by atoms with Crippen molar-refractivity contribution >= 4 is 5.95 Å². The number of anilines is 1. The minimum Gasteiger partial charge on any atom is -0.467 e. The Kier molecular flexibility index (Phi) is 5.27. The first-order valence-electron chi connectivity index (χ1n) is 4.99. The van der Waals surface area contributed by atoms with Crippen LogP contribution in [-0.2, 0) is 0 Å². The third-order valence-electron chi connectivity index (χ3n) is 1.83. The van der Waals surface area contributed by atoms with Crippen LogP contribution in [0.1, 0.15) is 12.8 Å². The smallest absolute Gasteiger partial charge is 0.324 e. The molecule has 1 aromatic rings. The fraction of sp³-hybridized carbons (Fsp3) is 0.667. The summed E-state index contributed by atoms with van der Waals surface area (Å²) in [7, 11) is 2.95. The van der Waals surface area contributed by atoms with Gasteiger partial charge in [0.1, 0.15) is 0 Å². The van der Waals surface area contributed by atoms with Crippen molar-refractivity contribution in [3.8, 4) is 12.0 Å². The third kappa shape index (κ3) is 3.85. The summed E-state index contributed by atoms with van der Waals surface area (Å²) in [5.41, 5.74) is 0. The summed E-state index contributed by atoms with van der Waals surface area (Å²) in [6.07, 6.45) is 1.58. The number of unbranched alkanes of at least 4 members (excludes halogenated alkanes) is 1. The number of methoxy groups -OCH3 is 2. The summed E-state index contributed by atoms with van der Waals surface area (Å²) >= 11 is 0. The van der Waals surface area contributed by atoms with Crippen molar-refractivity contribution in [1.82, 2.24) is 15.0 Å². The molecular formula is C9H16N4O3. The van der Waals surface area contributed by atoms with Crippen molar-refractivity contribution in [3.05, 3.63) is 0 Å². The number of hydrogen-bond acceptors (Lipinski definition) is 7. The van der Waals surface area contributed by atoms with E-state index in [1.807, 2.05) is 0 Å². The molecule has 90 valence electrons. The van der Waals surface area contributed by atoms with Gasteiger partial charge in [-0.3, -0.25) is 0 Å². The summed E-state index contributed by atoms with van der Waals surface area (Å²) < 4.78 is 9.81. The maximum absolute atomic E-state index is 8.62. The van der Waals surface area contributed by atoms with Crippen molar-refractivity contribution in [3.63, 3.8) is 0 Å². The Morgan fingerprint density at radius 2 is 1.69 bits per heavy atom. The van der Waals surface area contributed by atoms with E-state index in [2.05, 4.69) is 20.3 Å². The van der Waals surface area contributed by atoms with Gasteiger partial charge in [-0.15, -0.1) is 4.98 Å². The van der Waals surface area contributed by atoms with Gasteiger partial charge < -0.3 is 19.9 Å². The number of nitrogens with one attached hydrogen (secondary N) is 1. The van der Waals surface area contributed by atoms with Crippen molar-refractivity contribution in [2.24, 2.45) is 0 Å². The summed E-state index contributed by atoms with van der Waals surface area (Å²) in [5, 5.41) is 11.6. The Bertz CT molecular complexity index is 299. The first-order valence-corrected chi connectivity index (χ1v) is 4.99. The van der Waals surface area contributed by atoms with Crippen LogP contribution in [-0.4, -0.2) is 47.4 Å². The molecule has 1 heterocycles. The molecular weight excluding hydrogens is 212 g/mol. The van der Waals surface area contributed by atoms with Crippen LogP contribution in [0.25, 0.3) is 0 Å². The highest BCUT2D eigenvalue weighted by atomic mass is 16.5. The summed E-state index contributed by atoms with van der Waals surface area (Å²) in [4.78, 5) is 11.9. The monoisotopic (exact) mass is 228 g/mol. The summed E-state index contributed by atoms with van der Waals surface area (Å²) in [6, 6.07) is 0.410. The molecule has 7 nitrogen and oxygen atoms in total. The maximum Gasteiger partial charge on any atom is 0.324 e. The Labute approximate surface area is 93.9 Å². The molecule has 0 saturated carbocycles. The Morgan fingerprint density at radius 3 is 2.19 bits per heavy atom. The Hall–Kier alpha value is -1.63. The van der Waals surface area contributed by atoms with Gasteiger partial charge in [0.2, 0.25) is 5.95 Å². The van der Waals surface area contributed by atoms with Crippen molar-refractivity contribution < 1.29 is 14.6 Å². The van der Waals surface area contributed by atoms with Gasteiger partial charge >= 0.3 is 12.0 Å². The van der Waals surface area contributed by atoms with Crippen LogP contribution in [0.15, 0.2) is 0 Å². The number of rotatable bonds is 7. The van der Waals surface area contributed by atoms with Crippen molar-refractivity contribution in [2.75, 3.05) is 32.7 Å². The highest BCUT2D eigenvalue weighted by molar-refractivity contribution is 5.27. The molecule has 16 heavy (non-hydrogen) atoms. The average molecular weight is 228 g/mol. The fourth-order valence-electron chi connectivity index (χ4n) is 1.04. The molecule has 0 fully saturated rings. The molecule has 7 heteroatoms. The van der Waals surface area contributed by atoms with E-state index < -0.39 is 0 Å². The Morgan fingerprint density at radius 1 is 1.06 bits per heavy atom. The zero-order valence-electron chi connectivity index (χ0n) is 9.43. The van der Waals surface area contributed by atoms with Crippen LogP contribution in [0.3, 0.4) is 0 Å². The van der Waals surface area contributed by atoms with Crippen LogP contribution in [0.5, 0.6) is 12.0 Å². The molecule has 0 aliphatic rings. The first-order chi connectivity index (χ1) is 7.80. The summed E-state index contributed by atoms with van der Waals surface area (Å²) in [5.74, 6) is 0.404.